The fourth-order valence-corrected chi connectivity index (χ4v) is 3.09. The summed E-state index contributed by atoms with van der Waals surface area (Å²) in [6.07, 6.45) is -0.709. The van der Waals surface area contributed by atoms with Gasteiger partial charge >= 0.3 is 11.3 Å². The number of ether oxygens (including phenoxy) is 1. The number of carbonyl (C=O) groups excluding carboxylic acids is 1. The topological polar surface area (TPSA) is 111 Å². The summed E-state index contributed by atoms with van der Waals surface area (Å²) in [6.45, 7) is 6.65. The largest absolute Gasteiger partial charge is 0.444 e. The summed E-state index contributed by atoms with van der Waals surface area (Å²) >= 11 is 0. The van der Waals surface area contributed by atoms with Gasteiger partial charge < -0.3 is 14.5 Å². The highest BCUT2D eigenvalue weighted by Gasteiger charge is 2.27. The van der Waals surface area contributed by atoms with E-state index < -0.39 is 44.4 Å². The fourth-order valence-electron chi connectivity index (χ4n) is 1.95. The van der Waals surface area contributed by atoms with Crippen LogP contribution in [0.2, 0.25) is 0 Å². The van der Waals surface area contributed by atoms with E-state index in [1.807, 2.05) is 0 Å². The van der Waals surface area contributed by atoms with E-state index >= 15 is 0 Å². The molecule has 142 valence electrons. The van der Waals surface area contributed by atoms with Gasteiger partial charge in [-0.1, -0.05) is 23.3 Å². The minimum absolute atomic E-state index is 0.00724. The zero-order chi connectivity index (χ0) is 19.5. The zero-order valence-electron chi connectivity index (χ0n) is 14.8. The molecule has 1 aromatic heterocycles. The van der Waals surface area contributed by atoms with Crippen LogP contribution in [0, 0.1) is 5.82 Å². The van der Waals surface area contributed by atoms with E-state index in [9.17, 15) is 17.6 Å². The minimum Gasteiger partial charge on any atom is -0.444 e. The molecule has 8 nitrogen and oxygen atoms in total. The molecule has 26 heavy (non-hydrogen) atoms. The normalized spacial score (nSPS) is 13.3. The lowest BCUT2D eigenvalue weighted by atomic mass is 10.2. The van der Waals surface area contributed by atoms with Crippen LogP contribution in [0.3, 0.4) is 0 Å². The number of alkyl carbamates (subject to hydrolysis) is 1. The summed E-state index contributed by atoms with van der Waals surface area (Å²) in [5.74, 6) is -1.37. The Kier molecular flexibility index (Phi) is 5.65. The number of nitrogens with one attached hydrogen (secondary N) is 1. The highest BCUT2D eigenvalue weighted by molar-refractivity contribution is 7.90. The average molecular weight is 385 g/mol. The molecular weight excluding hydrogens is 365 g/mol. The van der Waals surface area contributed by atoms with Crippen molar-refractivity contribution in [3.8, 4) is 0 Å². The average Bonchev–Trinajstić information content (AvgIpc) is 2.98. The molecule has 0 radical (unpaired) electrons. The van der Waals surface area contributed by atoms with Crippen LogP contribution in [0.4, 0.5) is 9.18 Å². The van der Waals surface area contributed by atoms with Crippen LogP contribution in [-0.4, -0.2) is 30.3 Å². The maximum absolute atomic E-state index is 13.7. The number of halogens is 1. The first kappa shape index (κ1) is 19.8. The third kappa shape index (κ3) is 5.25. The standard InChI is InChI=1S/C16H20FN3O5S/c1-10(18-14(21)25-16(2,3)4)13-19-20-15(24-13)26(22,23)9-11-7-5-6-8-12(11)17/h5-8,10H,9H2,1-4H3,(H,18,21)/t10-/m0/s1. The number of hydrogen-bond acceptors (Lipinski definition) is 7. The van der Waals surface area contributed by atoms with Gasteiger partial charge in [0.1, 0.15) is 17.5 Å². The van der Waals surface area contributed by atoms with Gasteiger partial charge in [-0.25, -0.2) is 17.6 Å². The molecule has 0 bridgehead atoms. The number of carbonyl (C=O) groups is 1. The van der Waals surface area contributed by atoms with E-state index in [2.05, 4.69) is 15.5 Å². The Balaban J connectivity index is 2.10. The van der Waals surface area contributed by atoms with Gasteiger partial charge in [-0.15, -0.1) is 5.10 Å². The molecule has 0 fully saturated rings. The summed E-state index contributed by atoms with van der Waals surface area (Å²) < 4.78 is 48.6. The molecule has 0 saturated carbocycles. The van der Waals surface area contributed by atoms with Crippen molar-refractivity contribution < 1.29 is 26.8 Å². The van der Waals surface area contributed by atoms with Crippen molar-refractivity contribution in [2.24, 2.45) is 0 Å². The van der Waals surface area contributed by atoms with Gasteiger partial charge in [-0.05, 0) is 33.8 Å². The van der Waals surface area contributed by atoms with E-state index in [4.69, 9.17) is 9.15 Å². The number of hydrogen-bond donors (Lipinski definition) is 1. The van der Waals surface area contributed by atoms with Crippen LogP contribution in [0.15, 0.2) is 33.9 Å². The van der Waals surface area contributed by atoms with Gasteiger partial charge in [0.15, 0.2) is 0 Å². The molecule has 0 aliphatic heterocycles. The second kappa shape index (κ2) is 7.40. The molecule has 0 unspecified atom stereocenters. The molecule has 2 rings (SSSR count). The lowest BCUT2D eigenvalue weighted by Crippen LogP contribution is -2.34. The zero-order valence-corrected chi connectivity index (χ0v) is 15.6. The maximum atomic E-state index is 13.7. The Bertz CT molecular complexity index is 889. The van der Waals surface area contributed by atoms with Crippen LogP contribution in [0.5, 0.6) is 0 Å². The van der Waals surface area contributed by atoms with Crippen molar-refractivity contribution >= 4 is 15.9 Å². The van der Waals surface area contributed by atoms with Crippen LogP contribution < -0.4 is 5.32 Å². The summed E-state index contributed by atoms with van der Waals surface area (Å²) in [7, 11) is -4.03. The first-order chi connectivity index (χ1) is 12.0. The number of nitrogens with zero attached hydrogens (tertiary/aromatic N) is 2. The predicted octanol–water partition coefficient (Wildman–Crippen LogP) is 2.77. The number of benzene rings is 1. The smallest absolute Gasteiger partial charge is 0.408 e. The Labute approximate surface area is 150 Å². The Morgan fingerprint density at radius 3 is 2.58 bits per heavy atom. The quantitative estimate of drug-likeness (QED) is 0.842. The monoisotopic (exact) mass is 385 g/mol. The second-order valence-electron chi connectivity index (χ2n) is 6.62. The van der Waals surface area contributed by atoms with Crippen LogP contribution >= 0.6 is 0 Å². The van der Waals surface area contributed by atoms with Crippen molar-refractivity contribution in [1.29, 1.82) is 0 Å². The Morgan fingerprint density at radius 1 is 1.31 bits per heavy atom. The van der Waals surface area contributed by atoms with Crippen LogP contribution in [-0.2, 0) is 20.3 Å². The third-order valence-corrected chi connectivity index (χ3v) is 4.48. The SMILES string of the molecule is C[C@H](NC(=O)OC(C)(C)C)c1nnc(S(=O)(=O)Cc2ccccc2F)o1. The molecule has 1 heterocycles. The minimum atomic E-state index is -4.03. The van der Waals surface area contributed by atoms with Crippen molar-refractivity contribution in [3.05, 3.63) is 41.5 Å². The number of aromatic nitrogens is 2. The van der Waals surface area contributed by atoms with E-state index in [0.717, 1.165) is 6.07 Å². The van der Waals surface area contributed by atoms with Gasteiger partial charge in [-0.3, -0.25) is 0 Å². The van der Waals surface area contributed by atoms with Gasteiger partial charge in [0.05, 0.1) is 5.75 Å². The Hall–Kier alpha value is -2.49. The lowest BCUT2D eigenvalue weighted by Gasteiger charge is -2.20. The van der Waals surface area contributed by atoms with Gasteiger partial charge in [-0.2, -0.15) is 0 Å². The number of amides is 1. The second-order valence-corrected chi connectivity index (χ2v) is 8.49. The van der Waals surface area contributed by atoms with Crippen molar-refractivity contribution in [2.45, 2.75) is 50.3 Å². The molecule has 1 aromatic carbocycles. The third-order valence-electron chi connectivity index (χ3n) is 3.10. The van der Waals surface area contributed by atoms with Gasteiger partial charge in [0, 0.05) is 5.56 Å². The molecule has 1 N–H and O–H groups in total. The highest BCUT2D eigenvalue weighted by atomic mass is 32.2. The van der Waals surface area contributed by atoms with Crippen molar-refractivity contribution in [3.63, 3.8) is 0 Å². The first-order valence-electron chi connectivity index (χ1n) is 7.77. The van der Waals surface area contributed by atoms with E-state index in [-0.39, 0.29) is 11.5 Å². The van der Waals surface area contributed by atoms with Crippen molar-refractivity contribution in [2.75, 3.05) is 0 Å². The molecule has 0 saturated heterocycles. The molecule has 1 amide bonds. The van der Waals surface area contributed by atoms with E-state index in [1.54, 1.807) is 20.8 Å². The molecule has 10 heteroatoms. The van der Waals surface area contributed by atoms with Gasteiger partial charge in [0.25, 0.3) is 0 Å². The lowest BCUT2D eigenvalue weighted by molar-refractivity contribution is 0.0500. The summed E-state index contributed by atoms with van der Waals surface area (Å²) in [5, 5.41) is 8.95. The Morgan fingerprint density at radius 2 is 1.96 bits per heavy atom. The summed E-state index contributed by atoms with van der Waals surface area (Å²) in [5.41, 5.74) is -0.695. The van der Waals surface area contributed by atoms with Crippen LogP contribution in [0.25, 0.3) is 0 Å². The molecule has 0 aliphatic rings. The fraction of sp³-hybridized carbons (Fsp3) is 0.438. The molecular formula is C16H20FN3O5S. The van der Waals surface area contributed by atoms with Crippen LogP contribution in [0.1, 0.15) is 45.2 Å². The summed E-state index contributed by atoms with van der Waals surface area (Å²) in [6, 6.07) is 4.74. The molecule has 1 atom stereocenters. The molecule has 0 spiro atoms. The summed E-state index contributed by atoms with van der Waals surface area (Å²) in [4.78, 5) is 11.7. The van der Waals surface area contributed by atoms with E-state index in [0.29, 0.717) is 0 Å². The number of sulfone groups is 1. The maximum Gasteiger partial charge on any atom is 0.408 e. The first-order valence-corrected chi connectivity index (χ1v) is 9.42. The number of rotatable bonds is 5. The molecule has 2 aromatic rings. The van der Waals surface area contributed by atoms with E-state index in [1.165, 1.54) is 25.1 Å². The van der Waals surface area contributed by atoms with Crippen molar-refractivity contribution in [1.82, 2.24) is 15.5 Å². The predicted molar refractivity (Wildman–Crippen MR) is 89.4 cm³/mol. The highest BCUT2D eigenvalue weighted by Crippen LogP contribution is 2.20. The molecule has 0 aliphatic carbocycles. The van der Waals surface area contributed by atoms with Gasteiger partial charge in [0.2, 0.25) is 15.7 Å².